The molecule has 0 aromatic heterocycles. The highest BCUT2D eigenvalue weighted by atomic mass is 35.5. The quantitative estimate of drug-likeness (QED) is 0.854. The zero-order valence-corrected chi connectivity index (χ0v) is 12.1. The molecule has 2 aromatic carbocycles. The number of phenols is 1. The highest BCUT2D eigenvalue weighted by Crippen LogP contribution is 2.37. The molecule has 2 aromatic rings. The van der Waals surface area contributed by atoms with E-state index < -0.39 is 15.3 Å². The van der Waals surface area contributed by atoms with Gasteiger partial charge < -0.3 is 5.11 Å². The molecule has 102 valence electrons. The van der Waals surface area contributed by atoms with Crippen LogP contribution in [0.4, 0.5) is 5.69 Å². The number of hydrogen-bond donors (Lipinski definition) is 2. The molecular weight excluding hydrogens is 286 g/mol. The van der Waals surface area contributed by atoms with E-state index in [2.05, 4.69) is 4.72 Å². The maximum absolute atomic E-state index is 11.9. The number of phenolic OH excluding ortho intramolecular Hbond substituents is 1. The zero-order chi connectivity index (χ0) is 14.2. The highest BCUT2D eigenvalue weighted by Gasteiger charge is 2.18. The van der Waals surface area contributed by atoms with Crippen LogP contribution in [0, 0.1) is 0 Å². The summed E-state index contributed by atoms with van der Waals surface area (Å²) in [6.45, 7) is 3.18. The highest BCUT2D eigenvalue weighted by molar-refractivity contribution is 7.93. The normalized spacial score (nSPS) is 12.0. The van der Waals surface area contributed by atoms with Crippen molar-refractivity contribution in [1.29, 1.82) is 0 Å². The first-order chi connectivity index (χ1) is 8.83. The minimum atomic E-state index is -3.46. The topological polar surface area (TPSA) is 66.4 Å². The van der Waals surface area contributed by atoms with Gasteiger partial charge in [-0.15, -0.1) is 0 Å². The fourth-order valence-corrected chi connectivity index (χ4v) is 2.60. The summed E-state index contributed by atoms with van der Waals surface area (Å²) in [6, 6.07) is 8.34. The van der Waals surface area contributed by atoms with Gasteiger partial charge in [0.25, 0.3) is 0 Å². The van der Waals surface area contributed by atoms with Crippen LogP contribution in [-0.4, -0.2) is 18.8 Å². The molecule has 0 saturated heterocycles. The van der Waals surface area contributed by atoms with E-state index in [0.29, 0.717) is 16.5 Å². The lowest BCUT2D eigenvalue weighted by Crippen LogP contribution is -2.22. The van der Waals surface area contributed by atoms with Crippen molar-refractivity contribution in [3.05, 3.63) is 35.4 Å². The second kappa shape index (κ2) is 4.90. The van der Waals surface area contributed by atoms with Crippen LogP contribution in [0.25, 0.3) is 10.8 Å². The average molecular weight is 300 g/mol. The lowest BCUT2D eigenvalue weighted by atomic mass is 10.1. The molecule has 0 aliphatic carbocycles. The molecule has 0 saturated carbocycles. The molecule has 0 heterocycles. The maximum atomic E-state index is 11.9. The third kappa shape index (κ3) is 2.62. The molecule has 0 fully saturated rings. The Hall–Kier alpha value is -1.46. The van der Waals surface area contributed by atoms with Gasteiger partial charge in [0.15, 0.2) is 0 Å². The Bertz CT molecular complexity index is 726. The number of aromatic hydroxyl groups is 1. The molecule has 2 N–H and O–H groups in total. The van der Waals surface area contributed by atoms with E-state index in [1.807, 2.05) is 0 Å². The molecule has 6 heteroatoms. The van der Waals surface area contributed by atoms with Crippen molar-refractivity contribution >= 4 is 38.1 Å². The molecule has 0 spiro atoms. The average Bonchev–Trinajstić information content (AvgIpc) is 2.35. The van der Waals surface area contributed by atoms with E-state index >= 15 is 0 Å². The van der Waals surface area contributed by atoms with Crippen LogP contribution in [0.2, 0.25) is 5.02 Å². The largest absolute Gasteiger partial charge is 0.506 e. The summed E-state index contributed by atoms with van der Waals surface area (Å²) < 4.78 is 26.4. The van der Waals surface area contributed by atoms with Gasteiger partial charge in [-0.05, 0) is 19.9 Å². The second-order valence-electron chi connectivity index (χ2n) is 4.50. The zero-order valence-electron chi connectivity index (χ0n) is 10.5. The first kappa shape index (κ1) is 14.0. The van der Waals surface area contributed by atoms with E-state index in [9.17, 15) is 13.5 Å². The lowest BCUT2D eigenvalue weighted by Gasteiger charge is -2.14. The Balaban J connectivity index is 2.65. The lowest BCUT2D eigenvalue weighted by molar-refractivity contribution is 0.482. The molecular formula is C13H14ClNO3S. The molecule has 0 aliphatic heterocycles. The minimum absolute atomic E-state index is 0.0511. The third-order valence-electron chi connectivity index (χ3n) is 2.84. The van der Waals surface area contributed by atoms with Gasteiger partial charge in [-0.2, -0.15) is 0 Å². The SMILES string of the molecule is CC(C)S(=O)(=O)Nc1cc(Cl)c(O)c2ccccc12. The van der Waals surface area contributed by atoms with E-state index in [1.54, 1.807) is 38.1 Å². The first-order valence-corrected chi connectivity index (χ1v) is 7.67. The number of nitrogens with one attached hydrogen (secondary N) is 1. The van der Waals surface area contributed by atoms with E-state index in [1.165, 1.54) is 6.07 Å². The minimum Gasteiger partial charge on any atom is -0.506 e. The number of anilines is 1. The van der Waals surface area contributed by atoms with Crippen molar-refractivity contribution in [2.45, 2.75) is 19.1 Å². The van der Waals surface area contributed by atoms with Crippen molar-refractivity contribution < 1.29 is 13.5 Å². The third-order valence-corrected chi connectivity index (χ3v) is 4.88. The summed E-state index contributed by atoms with van der Waals surface area (Å²) in [7, 11) is -3.46. The Labute approximate surface area is 117 Å². The molecule has 4 nitrogen and oxygen atoms in total. The Morgan fingerprint density at radius 1 is 1.21 bits per heavy atom. The van der Waals surface area contributed by atoms with Crippen LogP contribution in [0.1, 0.15) is 13.8 Å². The fourth-order valence-electron chi connectivity index (χ4n) is 1.68. The van der Waals surface area contributed by atoms with Gasteiger partial charge >= 0.3 is 0 Å². The van der Waals surface area contributed by atoms with Gasteiger partial charge in [-0.3, -0.25) is 4.72 Å². The monoisotopic (exact) mass is 299 g/mol. The van der Waals surface area contributed by atoms with Gasteiger partial charge in [0.05, 0.1) is 16.0 Å². The molecule has 19 heavy (non-hydrogen) atoms. The van der Waals surface area contributed by atoms with Crippen molar-refractivity contribution in [2.24, 2.45) is 0 Å². The number of hydrogen-bond acceptors (Lipinski definition) is 3. The predicted molar refractivity (Wildman–Crippen MR) is 78.3 cm³/mol. The number of benzene rings is 2. The maximum Gasteiger partial charge on any atom is 0.235 e. The molecule has 0 atom stereocenters. The number of sulfonamides is 1. The number of rotatable bonds is 3. The summed E-state index contributed by atoms with van der Waals surface area (Å²) in [5, 5.41) is 10.6. The summed E-state index contributed by atoms with van der Waals surface area (Å²) in [4.78, 5) is 0. The van der Waals surface area contributed by atoms with Gasteiger partial charge in [-0.1, -0.05) is 35.9 Å². The van der Waals surface area contributed by atoms with Crippen molar-refractivity contribution in [2.75, 3.05) is 4.72 Å². The van der Waals surface area contributed by atoms with Crippen LogP contribution < -0.4 is 4.72 Å². The molecule has 0 bridgehead atoms. The van der Waals surface area contributed by atoms with Crippen LogP contribution in [0.3, 0.4) is 0 Å². The smallest absolute Gasteiger partial charge is 0.235 e. The first-order valence-electron chi connectivity index (χ1n) is 5.75. The molecule has 0 amide bonds. The summed E-state index contributed by atoms with van der Waals surface area (Å²) in [5.74, 6) is -0.0511. The van der Waals surface area contributed by atoms with Crippen LogP contribution in [0.5, 0.6) is 5.75 Å². The van der Waals surface area contributed by atoms with Gasteiger partial charge in [0, 0.05) is 10.8 Å². The standard InChI is InChI=1S/C13H14ClNO3S/c1-8(2)19(17,18)15-12-7-11(14)13(16)10-6-4-3-5-9(10)12/h3-8,15-16H,1-2H3. The Morgan fingerprint density at radius 2 is 1.79 bits per heavy atom. The van der Waals surface area contributed by atoms with Crippen LogP contribution >= 0.6 is 11.6 Å². The van der Waals surface area contributed by atoms with Gasteiger partial charge in [0.1, 0.15) is 5.75 Å². The fraction of sp³-hybridized carbons (Fsp3) is 0.231. The Kier molecular flexibility index (Phi) is 3.60. The Morgan fingerprint density at radius 3 is 2.37 bits per heavy atom. The van der Waals surface area contributed by atoms with Gasteiger partial charge in [-0.25, -0.2) is 8.42 Å². The predicted octanol–water partition coefficient (Wildman–Crippen LogP) is 3.35. The van der Waals surface area contributed by atoms with Crippen molar-refractivity contribution in [3.8, 4) is 5.75 Å². The molecule has 0 aliphatic rings. The van der Waals surface area contributed by atoms with Crippen molar-refractivity contribution in [3.63, 3.8) is 0 Å². The van der Waals surface area contributed by atoms with E-state index in [4.69, 9.17) is 11.6 Å². The molecule has 0 unspecified atom stereocenters. The summed E-state index contributed by atoms with van der Waals surface area (Å²) in [5.41, 5.74) is 0.368. The van der Waals surface area contributed by atoms with Crippen molar-refractivity contribution in [1.82, 2.24) is 0 Å². The van der Waals surface area contributed by atoms with Gasteiger partial charge in [0.2, 0.25) is 10.0 Å². The van der Waals surface area contributed by atoms with Crippen LogP contribution in [-0.2, 0) is 10.0 Å². The molecule has 2 rings (SSSR count). The summed E-state index contributed by atoms with van der Waals surface area (Å²) in [6.07, 6.45) is 0. The second-order valence-corrected chi connectivity index (χ2v) is 7.14. The summed E-state index contributed by atoms with van der Waals surface area (Å²) >= 11 is 5.92. The molecule has 0 radical (unpaired) electrons. The number of fused-ring (bicyclic) bond motifs is 1. The number of halogens is 1. The van der Waals surface area contributed by atoms with E-state index in [-0.39, 0.29) is 10.8 Å². The van der Waals surface area contributed by atoms with E-state index in [0.717, 1.165) is 0 Å². The van der Waals surface area contributed by atoms with Crippen LogP contribution in [0.15, 0.2) is 30.3 Å².